The maximum absolute atomic E-state index is 12.2. The number of nitriles is 2. The smallest absolute Gasteiger partial charge is 0.255 e. The topological polar surface area (TPSA) is 76.6 Å². The van der Waals surface area contributed by atoms with Gasteiger partial charge < -0.3 is 4.90 Å². The van der Waals surface area contributed by atoms with Gasteiger partial charge in [0.2, 0.25) is 0 Å². The van der Waals surface area contributed by atoms with E-state index in [0.717, 1.165) is 29.1 Å². The third-order valence-electron chi connectivity index (χ3n) is 3.28. The van der Waals surface area contributed by atoms with Crippen molar-refractivity contribution in [2.24, 2.45) is 0 Å². The molecule has 0 saturated carbocycles. The van der Waals surface area contributed by atoms with Crippen LogP contribution in [0.4, 0.5) is 38.4 Å². The molecule has 2 aromatic heterocycles. The fraction of sp³-hybridized carbons (Fsp3) is 0.250. The molecule has 0 N–H and O–H groups in total. The van der Waals surface area contributed by atoms with E-state index >= 15 is 0 Å². The summed E-state index contributed by atoms with van der Waals surface area (Å²) >= 11 is 0. The standard InChI is InChI=1S/C10H11F3N.C10H8N2.2C2H3N.F6P.Ru/c1-14(2)7-8-3-5-9(6-4-8)10(11,12)13;1-3-7-11-9(5-1)10-6-2-4-8-12-10;2*1-2-3;1-7(2,3,4,5)6;/h3,5-6H,7H2,1-2H3;1-8H;2*1H3;;/q-1;;;;-1;+2. The van der Waals surface area contributed by atoms with Crippen molar-refractivity contribution in [1.29, 1.82) is 10.5 Å². The second kappa shape index (κ2) is 17.5. The molecule has 0 bridgehead atoms. The molecule has 1 aromatic carbocycles. The normalized spacial score (nSPS) is 11.6. The van der Waals surface area contributed by atoms with E-state index in [1.165, 1.54) is 19.9 Å². The zero-order valence-electron chi connectivity index (χ0n) is 21.5. The quantitative estimate of drug-likeness (QED) is 0.119. The Labute approximate surface area is 239 Å². The van der Waals surface area contributed by atoms with Gasteiger partial charge in [-0.05, 0) is 38.4 Å². The van der Waals surface area contributed by atoms with E-state index in [4.69, 9.17) is 10.5 Å². The van der Waals surface area contributed by atoms with E-state index in [1.54, 1.807) is 24.5 Å². The van der Waals surface area contributed by atoms with E-state index in [0.29, 0.717) is 6.54 Å². The van der Waals surface area contributed by atoms with Gasteiger partial charge in [-0.25, -0.2) is 0 Å². The molecule has 5 nitrogen and oxygen atoms in total. The number of halogens is 9. The van der Waals surface area contributed by atoms with Gasteiger partial charge in [-0.15, -0.1) is 5.56 Å². The van der Waals surface area contributed by atoms with Gasteiger partial charge in [-0.1, -0.05) is 17.7 Å². The van der Waals surface area contributed by atoms with Crippen LogP contribution in [0.15, 0.2) is 67.0 Å². The number of nitrogens with zero attached hydrogens (tertiary/aromatic N) is 5. The molecular formula is C24H25F9N5PRu. The van der Waals surface area contributed by atoms with Gasteiger partial charge in [0.1, 0.15) is 0 Å². The summed E-state index contributed by atoms with van der Waals surface area (Å²) in [5.74, 6) is 0. The average molecular weight is 687 g/mol. The van der Waals surface area contributed by atoms with Crippen molar-refractivity contribution in [3.8, 4) is 23.5 Å². The predicted molar refractivity (Wildman–Crippen MR) is 131 cm³/mol. The third kappa shape index (κ3) is 29.4. The summed E-state index contributed by atoms with van der Waals surface area (Å²) in [6, 6.07) is 21.2. The Hall–Kier alpha value is -3.12. The van der Waals surface area contributed by atoms with E-state index in [9.17, 15) is 38.4 Å². The molecule has 0 saturated heterocycles. The number of benzene rings is 1. The van der Waals surface area contributed by atoms with Crippen LogP contribution in [0, 0.1) is 28.7 Å². The Morgan fingerprint density at radius 2 is 1.18 bits per heavy atom. The number of rotatable bonds is 3. The van der Waals surface area contributed by atoms with Gasteiger partial charge in [0.05, 0.1) is 23.5 Å². The Bertz CT molecular complexity index is 1100. The summed E-state index contributed by atoms with van der Waals surface area (Å²) in [6.45, 7) is 3.46. The first-order valence-corrected chi connectivity index (χ1v) is 12.4. The minimum atomic E-state index is -10.7. The van der Waals surface area contributed by atoms with Crippen molar-refractivity contribution in [3.63, 3.8) is 0 Å². The maximum atomic E-state index is 12.2. The van der Waals surface area contributed by atoms with Crippen molar-refractivity contribution in [1.82, 2.24) is 14.9 Å². The molecule has 0 aliphatic heterocycles. The first-order valence-electron chi connectivity index (χ1n) is 10.4. The molecule has 0 fully saturated rings. The van der Waals surface area contributed by atoms with Gasteiger partial charge in [-0.2, -0.15) is 48.0 Å². The Morgan fingerprint density at radius 1 is 0.800 bits per heavy atom. The largest absolute Gasteiger partial charge is 2.00 e. The van der Waals surface area contributed by atoms with E-state index in [1.807, 2.05) is 55.4 Å². The average Bonchev–Trinajstić information content (AvgIpc) is 2.79. The first kappa shape index (κ1) is 41.4. The molecule has 3 rings (SSSR count). The summed E-state index contributed by atoms with van der Waals surface area (Å²) in [5.41, 5.74) is 1.93. The second-order valence-corrected chi connectivity index (χ2v) is 9.09. The molecule has 0 radical (unpaired) electrons. The zero-order chi connectivity index (χ0) is 30.8. The van der Waals surface area contributed by atoms with Crippen LogP contribution >= 0.6 is 7.81 Å². The summed E-state index contributed by atoms with van der Waals surface area (Å²) in [5, 5.41) is 14.6. The van der Waals surface area contributed by atoms with Gasteiger partial charge in [0.25, 0.3) is 0 Å². The minimum absolute atomic E-state index is 0. The van der Waals surface area contributed by atoms with Crippen molar-refractivity contribution in [3.05, 3.63) is 84.2 Å². The van der Waals surface area contributed by atoms with Crippen LogP contribution in [-0.2, 0) is 32.2 Å². The molecule has 0 unspecified atom stereocenters. The Balaban J connectivity index is -0.000000478. The number of aromatic nitrogens is 2. The van der Waals surface area contributed by atoms with Crippen LogP contribution < -0.4 is 0 Å². The van der Waals surface area contributed by atoms with Crippen LogP contribution in [0.3, 0.4) is 0 Å². The van der Waals surface area contributed by atoms with Gasteiger partial charge >= 0.3 is 58.6 Å². The molecule has 222 valence electrons. The number of hydrogen-bond donors (Lipinski definition) is 0. The van der Waals surface area contributed by atoms with Crippen LogP contribution in [0.25, 0.3) is 11.4 Å². The summed E-state index contributed by atoms with van der Waals surface area (Å²) in [4.78, 5) is 10.2. The van der Waals surface area contributed by atoms with Crippen molar-refractivity contribution in [2.75, 3.05) is 14.1 Å². The predicted octanol–water partition coefficient (Wildman–Crippen LogP) is 9.15. The number of alkyl halides is 3. The third-order valence-corrected chi connectivity index (χ3v) is 3.28. The van der Waals surface area contributed by atoms with E-state index < -0.39 is 19.5 Å². The van der Waals surface area contributed by atoms with Crippen LogP contribution in [-0.4, -0.2) is 29.0 Å². The zero-order valence-corrected chi connectivity index (χ0v) is 24.1. The fourth-order valence-corrected chi connectivity index (χ4v) is 2.10. The molecule has 0 atom stereocenters. The van der Waals surface area contributed by atoms with Crippen molar-refractivity contribution < 1.29 is 57.8 Å². The van der Waals surface area contributed by atoms with E-state index in [2.05, 4.69) is 16.0 Å². The van der Waals surface area contributed by atoms with Crippen molar-refractivity contribution >= 4 is 7.81 Å². The van der Waals surface area contributed by atoms with Gasteiger partial charge in [-0.3, -0.25) is 9.97 Å². The SMILES string of the molecule is CC#N.CC#N.CN(C)Cc1[c-]cc(C(F)(F)F)cc1.F[P-](F)(F)(F)(F)F.[Ru+2].c1ccc(-c2ccccn2)nc1. The molecule has 0 aliphatic carbocycles. The van der Waals surface area contributed by atoms with Crippen LogP contribution in [0.2, 0.25) is 0 Å². The summed E-state index contributed by atoms with van der Waals surface area (Å²) in [7, 11) is -6.95. The Kier molecular flexibility index (Phi) is 18.1. The molecule has 40 heavy (non-hydrogen) atoms. The number of hydrogen-bond acceptors (Lipinski definition) is 5. The monoisotopic (exact) mass is 687 g/mol. The Morgan fingerprint density at radius 3 is 1.40 bits per heavy atom. The fourth-order valence-electron chi connectivity index (χ4n) is 2.10. The van der Waals surface area contributed by atoms with E-state index in [-0.39, 0.29) is 19.5 Å². The molecule has 0 amide bonds. The van der Waals surface area contributed by atoms with Crippen LogP contribution in [0.5, 0.6) is 0 Å². The van der Waals surface area contributed by atoms with Gasteiger partial charge in [0.15, 0.2) is 0 Å². The molecule has 0 aliphatic rings. The van der Waals surface area contributed by atoms with Crippen molar-refractivity contribution in [2.45, 2.75) is 26.6 Å². The molecule has 16 heteroatoms. The minimum Gasteiger partial charge on any atom is -0.255 e. The molecular weight excluding hydrogens is 661 g/mol. The summed E-state index contributed by atoms with van der Waals surface area (Å²) < 4.78 is 95.6. The first-order chi connectivity index (χ1) is 17.6. The molecule has 0 spiro atoms. The number of pyridine rings is 2. The molecule has 2 heterocycles. The van der Waals surface area contributed by atoms with Crippen LogP contribution in [0.1, 0.15) is 25.0 Å². The van der Waals surface area contributed by atoms with Gasteiger partial charge in [0, 0.05) is 32.8 Å². The molecule has 3 aromatic rings. The summed E-state index contributed by atoms with van der Waals surface area (Å²) in [6.07, 6.45) is -0.735. The second-order valence-electron chi connectivity index (χ2n) is 7.17. The maximum Gasteiger partial charge on any atom is 2.00 e.